The zero-order valence-electron chi connectivity index (χ0n) is 12.1. The molecule has 1 fully saturated rings. The minimum atomic E-state index is -0.317. The molecule has 2 rings (SSSR count). The third-order valence-electron chi connectivity index (χ3n) is 4.09. The Bertz CT molecular complexity index is 497. The molecule has 0 aromatic heterocycles. The minimum Gasteiger partial charge on any atom is -0.382 e. The van der Waals surface area contributed by atoms with Crippen molar-refractivity contribution in [2.45, 2.75) is 46.6 Å². The van der Waals surface area contributed by atoms with Gasteiger partial charge in [-0.25, -0.2) is 0 Å². The Balaban J connectivity index is 2.16. The highest BCUT2D eigenvalue weighted by molar-refractivity contribution is 5.55. The molecule has 0 spiro atoms. The second kappa shape index (κ2) is 4.83. The van der Waals surface area contributed by atoms with E-state index in [1.807, 2.05) is 12.1 Å². The first-order chi connectivity index (χ1) is 8.78. The average molecular weight is 262 g/mol. The number of hydrogen-bond acceptors (Lipinski definition) is 3. The molecule has 0 aliphatic heterocycles. The molecule has 2 unspecified atom stereocenters. The van der Waals surface area contributed by atoms with E-state index in [1.54, 1.807) is 13.0 Å². The van der Waals surface area contributed by atoms with Gasteiger partial charge in [0.2, 0.25) is 0 Å². The highest BCUT2D eigenvalue weighted by Crippen LogP contribution is 2.42. The first-order valence-corrected chi connectivity index (χ1v) is 6.80. The Kier molecular flexibility index (Phi) is 3.52. The van der Waals surface area contributed by atoms with Gasteiger partial charge in [0.05, 0.1) is 4.92 Å². The Morgan fingerprint density at radius 2 is 2.05 bits per heavy atom. The number of nitrogens with one attached hydrogen (secondary N) is 1. The molecule has 19 heavy (non-hydrogen) atoms. The van der Waals surface area contributed by atoms with Crippen LogP contribution in [0, 0.1) is 28.4 Å². The van der Waals surface area contributed by atoms with Crippen molar-refractivity contribution in [3.63, 3.8) is 0 Å². The van der Waals surface area contributed by atoms with Crippen molar-refractivity contribution in [2.75, 3.05) is 5.32 Å². The summed E-state index contributed by atoms with van der Waals surface area (Å²) in [5, 5.41) is 14.4. The van der Waals surface area contributed by atoms with E-state index in [2.05, 4.69) is 26.1 Å². The molecule has 2 atom stereocenters. The number of anilines is 1. The maximum atomic E-state index is 11.0. The smallest absolute Gasteiger partial charge is 0.274 e. The normalized spacial score (nSPS) is 25.3. The van der Waals surface area contributed by atoms with Crippen LogP contribution in [0.3, 0.4) is 0 Å². The monoisotopic (exact) mass is 262 g/mol. The summed E-state index contributed by atoms with van der Waals surface area (Å²) in [7, 11) is 0. The van der Waals surface area contributed by atoms with Gasteiger partial charge >= 0.3 is 0 Å². The lowest BCUT2D eigenvalue weighted by molar-refractivity contribution is -0.385. The molecule has 1 aromatic carbocycles. The summed E-state index contributed by atoms with van der Waals surface area (Å²) in [4.78, 5) is 10.6. The number of aryl methyl sites for hydroxylation is 1. The minimum absolute atomic E-state index is 0.190. The predicted molar refractivity (Wildman–Crippen MR) is 77.4 cm³/mol. The van der Waals surface area contributed by atoms with Crippen LogP contribution in [0.25, 0.3) is 0 Å². The largest absolute Gasteiger partial charge is 0.382 e. The van der Waals surface area contributed by atoms with Gasteiger partial charge in [-0.3, -0.25) is 10.1 Å². The van der Waals surface area contributed by atoms with Crippen molar-refractivity contribution < 1.29 is 4.92 Å². The molecule has 0 saturated heterocycles. The molecule has 104 valence electrons. The van der Waals surface area contributed by atoms with Gasteiger partial charge < -0.3 is 5.32 Å². The lowest BCUT2D eigenvalue weighted by atomic mass is 9.91. The topological polar surface area (TPSA) is 55.2 Å². The van der Waals surface area contributed by atoms with Crippen LogP contribution in [-0.2, 0) is 0 Å². The van der Waals surface area contributed by atoms with E-state index < -0.39 is 0 Å². The summed E-state index contributed by atoms with van der Waals surface area (Å²) < 4.78 is 0. The summed E-state index contributed by atoms with van der Waals surface area (Å²) in [6.07, 6.45) is 2.30. The number of benzene rings is 1. The molecule has 1 N–H and O–H groups in total. The van der Waals surface area contributed by atoms with Crippen molar-refractivity contribution >= 4 is 11.4 Å². The van der Waals surface area contributed by atoms with Gasteiger partial charge in [-0.05, 0) is 37.2 Å². The van der Waals surface area contributed by atoms with Crippen LogP contribution < -0.4 is 5.32 Å². The van der Waals surface area contributed by atoms with Gasteiger partial charge in [-0.15, -0.1) is 0 Å². The van der Waals surface area contributed by atoms with Crippen LogP contribution in [-0.4, -0.2) is 11.0 Å². The molecule has 1 aliphatic carbocycles. The summed E-state index contributed by atoms with van der Waals surface area (Å²) in [5.74, 6) is 0.593. The predicted octanol–water partition coefficient (Wildman–Crippen LogP) is 4.14. The maximum absolute atomic E-state index is 11.0. The Morgan fingerprint density at radius 3 is 2.58 bits per heavy atom. The summed E-state index contributed by atoms with van der Waals surface area (Å²) >= 11 is 0. The fourth-order valence-corrected chi connectivity index (χ4v) is 3.20. The summed E-state index contributed by atoms with van der Waals surface area (Å²) in [6, 6.07) is 5.79. The third kappa shape index (κ3) is 3.06. The second-order valence-corrected chi connectivity index (χ2v) is 6.56. The van der Waals surface area contributed by atoms with Crippen molar-refractivity contribution in [1.29, 1.82) is 0 Å². The van der Waals surface area contributed by atoms with Crippen LogP contribution in [0.15, 0.2) is 18.2 Å². The van der Waals surface area contributed by atoms with Crippen LogP contribution in [0.2, 0.25) is 0 Å². The average Bonchev–Trinajstić information content (AvgIpc) is 2.54. The molecular formula is C15H22N2O2. The van der Waals surface area contributed by atoms with E-state index in [0.29, 0.717) is 22.9 Å². The Labute approximate surface area is 114 Å². The molecule has 0 heterocycles. The highest BCUT2D eigenvalue weighted by Gasteiger charge is 2.36. The van der Waals surface area contributed by atoms with E-state index >= 15 is 0 Å². The van der Waals surface area contributed by atoms with E-state index in [9.17, 15) is 10.1 Å². The van der Waals surface area contributed by atoms with Crippen molar-refractivity contribution in [1.82, 2.24) is 0 Å². The van der Waals surface area contributed by atoms with Crippen molar-refractivity contribution in [3.05, 3.63) is 33.9 Å². The van der Waals surface area contributed by atoms with Gasteiger partial charge in [0.25, 0.3) is 5.69 Å². The van der Waals surface area contributed by atoms with Gasteiger partial charge in [0.15, 0.2) is 0 Å². The van der Waals surface area contributed by atoms with Crippen molar-refractivity contribution in [2.24, 2.45) is 11.3 Å². The molecule has 1 aromatic rings. The second-order valence-electron chi connectivity index (χ2n) is 6.56. The van der Waals surface area contributed by atoms with Crippen LogP contribution in [0.4, 0.5) is 11.4 Å². The van der Waals surface area contributed by atoms with Gasteiger partial charge in [0, 0.05) is 23.4 Å². The summed E-state index contributed by atoms with van der Waals surface area (Å²) in [6.45, 7) is 8.57. The fraction of sp³-hybridized carbons (Fsp3) is 0.600. The number of nitrogens with zero attached hydrogens (tertiary/aromatic N) is 1. The SMILES string of the molecule is Cc1ccc(NC2CC(C)(C)CC2C)cc1[N+](=O)[O-]. The van der Waals surface area contributed by atoms with Crippen LogP contribution in [0.5, 0.6) is 0 Å². The fourth-order valence-electron chi connectivity index (χ4n) is 3.20. The highest BCUT2D eigenvalue weighted by atomic mass is 16.6. The number of hydrogen-bond donors (Lipinski definition) is 1. The molecule has 4 heteroatoms. The van der Waals surface area contributed by atoms with Crippen molar-refractivity contribution in [3.8, 4) is 0 Å². The summed E-state index contributed by atoms with van der Waals surface area (Å²) in [5.41, 5.74) is 2.10. The maximum Gasteiger partial charge on any atom is 0.274 e. The zero-order chi connectivity index (χ0) is 14.2. The molecule has 0 radical (unpaired) electrons. The van der Waals surface area contributed by atoms with Crippen LogP contribution in [0.1, 0.15) is 39.2 Å². The van der Waals surface area contributed by atoms with E-state index in [-0.39, 0.29) is 10.6 Å². The molecule has 0 bridgehead atoms. The molecular weight excluding hydrogens is 240 g/mol. The molecule has 1 aliphatic rings. The van der Waals surface area contributed by atoms with Crippen LogP contribution >= 0.6 is 0 Å². The van der Waals surface area contributed by atoms with Gasteiger partial charge in [-0.1, -0.05) is 26.8 Å². The number of rotatable bonds is 3. The van der Waals surface area contributed by atoms with E-state index in [0.717, 1.165) is 12.1 Å². The first-order valence-electron chi connectivity index (χ1n) is 6.80. The van der Waals surface area contributed by atoms with E-state index in [4.69, 9.17) is 0 Å². The molecule has 0 amide bonds. The molecule has 4 nitrogen and oxygen atoms in total. The van der Waals surface area contributed by atoms with Gasteiger partial charge in [-0.2, -0.15) is 0 Å². The van der Waals surface area contributed by atoms with Gasteiger partial charge in [0.1, 0.15) is 0 Å². The Hall–Kier alpha value is -1.58. The Morgan fingerprint density at radius 1 is 1.37 bits per heavy atom. The van der Waals surface area contributed by atoms with E-state index in [1.165, 1.54) is 6.42 Å². The quantitative estimate of drug-likeness (QED) is 0.658. The number of nitro groups is 1. The first kappa shape index (κ1) is 13.8. The lowest BCUT2D eigenvalue weighted by Crippen LogP contribution is -2.22. The number of nitro benzene ring substituents is 1. The lowest BCUT2D eigenvalue weighted by Gasteiger charge is -2.19. The molecule has 1 saturated carbocycles. The zero-order valence-corrected chi connectivity index (χ0v) is 12.1. The third-order valence-corrected chi connectivity index (χ3v) is 4.09. The standard InChI is InChI=1S/C15H22N2O2/c1-10-5-6-12(7-14(10)17(18)19)16-13-9-15(3,4)8-11(13)2/h5-7,11,13,16H,8-9H2,1-4H3.